The minimum atomic E-state index is -1.50. The van der Waals surface area contributed by atoms with E-state index in [1.165, 1.54) is 36.4 Å². The Kier molecular flexibility index (Phi) is 8.06. The van der Waals surface area contributed by atoms with Crippen molar-refractivity contribution in [2.24, 2.45) is 0 Å². The van der Waals surface area contributed by atoms with Crippen LogP contribution in [0.25, 0.3) is 22.6 Å². The molecule has 10 heteroatoms. The fourth-order valence-corrected chi connectivity index (χ4v) is 2.58. The number of aliphatic carboxylic acids is 1. The number of hydrogen-bond donors (Lipinski definition) is 1. The van der Waals surface area contributed by atoms with Crippen LogP contribution < -0.4 is 39.4 Å². The first-order chi connectivity index (χ1) is 13.4. The average Bonchev–Trinajstić information content (AvgIpc) is 2.68. The van der Waals surface area contributed by atoms with Gasteiger partial charge in [0.05, 0.1) is 28.9 Å². The molecule has 0 aliphatic carbocycles. The maximum absolute atomic E-state index is 13.8. The molecule has 0 aliphatic heterocycles. The first kappa shape index (κ1) is 23.2. The second-order valence-corrected chi connectivity index (χ2v) is 6.04. The van der Waals surface area contributed by atoms with Crippen molar-refractivity contribution in [2.75, 3.05) is 6.61 Å². The molecule has 144 valence electrons. The van der Waals surface area contributed by atoms with Gasteiger partial charge in [0.1, 0.15) is 18.2 Å². The Morgan fingerprint density at radius 1 is 1.10 bits per heavy atom. The summed E-state index contributed by atoms with van der Waals surface area (Å²) in [5.41, 5.74) is 0.928. The molecular formula is C19H12ClF2N2NaO4. The summed E-state index contributed by atoms with van der Waals surface area (Å²) < 4.78 is 32.2. The minimum absolute atomic E-state index is 0. The standard InChI is InChI=1S/C19H13ClF2N2O4.Na/c20-14-6-3-11(7-15(14)22)18-23-17(10-1-4-12(21)5-2-10)13(8-25)19(24-18)28-9-16(26)27;/h1-7,25H,8-9H2,(H,26,27);/q;+1/p-1. The Bertz CT molecular complexity index is 1040. The zero-order chi connectivity index (χ0) is 20.3. The van der Waals surface area contributed by atoms with Crippen LogP contribution in [0.3, 0.4) is 0 Å². The van der Waals surface area contributed by atoms with E-state index in [2.05, 4.69) is 9.97 Å². The van der Waals surface area contributed by atoms with Gasteiger partial charge in [-0.15, -0.1) is 0 Å². The number of halogens is 3. The summed E-state index contributed by atoms with van der Waals surface area (Å²) in [5, 5.41) is 20.4. The SMILES string of the molecule is O=C([O-])COc1nc(-c2ccc(Cl)c(F)c2)nc(-c2ccc(F)cc2)c1CO.[Na+]. The molecule has 3 rings (SSSR count). The monoisotopic (exact) mass is 428 g/mol. The molecule has 0 fully saturated rings. The molecule has 3 aromatic rings. The third kappa shape index (κ3) is 5.49. The summed E-state index contributed by atoms with van der Waals surface area (Å²) in [5.74, 6) is -2.89. The predicted octanol–water partition coefficient (Wildman–Crippen LogP) is -0.633. The van der Waals surface area contributed by atoms with Crippen LogP contribution in [0, 0.1) is 11.6 Å². The topological polar surface area (TPSA) is 95.4 Å². The van der Waals surface area contributed by atoms with Crippen LogP contribution >= 0.6 is 11.6 Å². The molecule has 0 bridgehead atoms. The van der Waals surface area contributed by atoms with Gasteiger partial charge in [-0.05, 0) is 42.5 Å². The number of carboxylic acid groups (broad SMARTS) is 1. The zero-order valence-electron chi connectivity index (χ0n) is 15.2. The van der Waals surface area contributed by atoms with Crippen molar-refractivity contribution in [1.29, 1.82) is 0 Å². The van der Waals surface area contributed by atoms with Crippen LogP contribution in [-0.4, -0.2) is 27.7 Å². The molecule has 0 radical (unpaired) electrons. The number of hydrogen-bond acceptors (Lipinski definition) is 6. The quantitative estimate of drug-likeness (QED) is 0.525. The van der Waals surface area contributed by atoms with E-state index >= 15 is 0 Å². The molecule has 0 unspecified atom stereocenters. The molecule has 6 nitrogen and oxygen atoms in total. The van der Waals surface area contributed by atoms with Gasteiger partial charge in [-0.2, -0.15) is 4.98 Å². The van der Waals surface area contributed by atoms with Gasteiger partial charge in [-0.1, -0.05) is 11.6 Å². The van der Waals surface area contributed by atoms with Gasteiger partial charge in [-0.3, -0.25) is 0 Å². The number of nitrogens with zero attached hydrogens (tertiary/aromatic N) is 2. The van der Waals surface area contributed by atoms with Gasteiger partial charge in [0.15, 0.2) is 5.82 Å². The van der Waals surface area contributed by atoms with Gasteiger partial charge < -0.3 is 19.7 Å². The molecular weight excluding hydrogens is 417 g/mol. The van der Waals surface area contributed by atoms with Crippen LogP contribution in [0.4, 0.5) is 8.78 Å². The van der Waals surface area contributed by atoms with E-state index in [4.69, 9.17) is 16.3 Å². The third-order valence-electron chi connectivity index (χ3n) is 3.75. The van der Waals surface area contributed by atoms with Gasteiger partial charge in [0.2, 0.25) is 5.88 Å². The Labute approximate surface area is 191 Å². The molecule has 0 aliphatic rings. The Hall–Kier alpha value is -2.10. The third-order valence-corrected chi connectivity index (χ3v) is 4.06. The molecule has 1 aromatic heterocycles. The maximum Gasteiger partial charge on any atom is 1.00 e. The molecule has 0 amide bonds. The zero-order valence-corrected chi connectivity index (χ0v) is 17.9. The van der Waals surface area contributed by atoms with E-state index in [0.29, 0.717) is 5.56 Å². The molecule has 1 N–H and O–H groups in total. The molecule has 29 heavy (non-hydrogen) atoms. The number of rotatable bonds is 6. The molecule has 2 aromatic carbocycles. The number of aliphatic hydroxyl groups excluding tert-OH is 1. The smallest absolute Gasteiger partial charge is 0.546 e. The average molecular weight is 429 g/mol. The summed E-state index contributed by atoms with van der Waals surface area (Å²) >= 11 is 5.69. The van der Waals surface area contributed by atoms with Crippen molar-refractivity contribution in [2.45, 2.75) is 6.61 Å². The van der Waals surface area contributed by atoms with E-state index in [1.807, 2.05) is 0 Å². The summed E-state index contributed by atoms with van der Waals surface area (Å²) in [6, 6.07) is 9.12. The Morgan fingerprint density at radius 2 is 1.76 bits per heavy atom. The fourth-order valence-electron chi connectivity index (χ4n) is 2.46. The normalized spacial score (nSPS) is 10.3. The van der Waals surface area contributed by atoms with Crippen molar-refractivity contribution < 1.29 is 58.1 Å². The number of carbonyl (C=O) groups is 1. The summed E-state index contributed by atoms with van der Waals surface area (Å²) in [6.45, 7) is -1.40. The minimum Gasteiger partial charge on any atom is -0.546 e. The van der Waals surface area contributed by atoms with Crippen molar-refractivity contribution >= 4 is 17.6 Å². The number of benzene rings is 2. The molecule has 0 saturated carbocycles. The largest absolute Gasteiger partial charge is 1.00 e. The fraction of sp³-hybridized carbons (Fsp3) is 0.105. The first-order valence-corrected chi connectivity index (χ1v) is 8.32. The predicted molar refractivity (Wildman–Crippen MR) is 94.3 cm³/mol. The number of carboxylic acids is 1. The summed E-state index contributed by atoms with van der Waals surface area (Å²) in [6.07, 6.45) is 0. The maximum atomic E-state index is 13.8. The van der Waals surface area contributed by atoms with Crippen molar-refractivity contribution in [3.05, 3.63) is 64.7 Å². The Balaban J connectivity index is 0.00000300. The van der Waals surface area contributed by atoms with Crippen molar-refractivity contribution in [3.63, 3.8) is 0 Å². The Morgan fingerprint density at radius 3 is 2.34 bits per heavy atom. The summed E-state index contributed by atoms with van der Waals surface area (Å²) in [4.78, 5) is 19.2. The van der Waals surface area contributed by atoms with E-state index < -0.39 is 30.8 Å². The van der Waals surface area contributed by atoms with Crippen LogP contribution in [0.15, 0.2) is 42.5 Å². The van der Waals surface area contributed by atoms with E-state index in [-0.39, 0.29) is 63.1 Å². The van der Waals surface area contributed by atoms with Gasteiger partial charge in [0, 0.05) is 11.1 Å². The van der Waals surface area contributed by atoms with Crippen molar-refractivity contribution in [1.82, 2.24) is 9.97 Å². The number of aliphatic hydroxyl groups is 1. The van der Waals surface area contributed by atoms with Gasteiger partial charge >= 0.3 is 29.6 Å². The molecule has 0 spiro atoms. The van der Waals surface area contributed by atoms with Crippen LogP contribution in [-0.2, 0) is 11.4 Å². The van der Waals surface area contributed by atoms with E-state index in [0.717, 1.165) is 6.07 Å². The number of aromatic nitrogens is 2. The van der Waals surface area contributed by atoms with E-state index in [1.54, 1.807) is 0 Å². The van der Waals surface area contributed by atoms with E-state index in [9.17, 15) is 23.8 Å². The summed E-state index contributed by atoms with van der Waals surface area (Å²) in [7, 11) is 0. The van der Waals surface area contributed by atoms with Crippen LogP contribution in [0.2, 0.25) is 5.02 Å². The number of carbonyl (C=O) groups excluding carboxylic acids is 1. The van der Waals surface area contributed by atoms with Gasteiger partial charge in [0.25, 0.3) is 0 Å². The molecule has 0 atom stereocenters. The first-order valence-electron chi connectivity index (χ1n) is 7.95. The van der Waals surface area contributed by atoms with Gasteiger partial charge in [-0.25, -0.2) is 13.8 Å². The molecule has 0 saturated heterocycles. The second kappa shape index (κ2) is 10.1. The van der Waals surface area contributed by atoms with Crippen LogP contribution in [0.1, 0.15) is 5.56 Å². The number of ether oxygens (including phenoxy) is 1. The van der Waals surface area contributed by atoms with Crippen molar-refractivity contribution in [3.8, 4) is 28.5 Å². The molecule has 1 heterocycles. The second-order valence-electron chi connectivity index (χ2n) is 5.63. The van der Waals surface area contributed by atoms with Crippen LogP contribution in [0.5, 0.6) is 5.88 Å².